The van der Waals surface area contributed by atoms with Crippen LogP contribution in [-0.4, -0.2) is 23.1 Å². The molecule has 0 unspecified atom stereocenters. The van der Waals surface area contributed by atoms with Crippen molar-refractivity contribution in [1.29, 1.82) is 0 Å². The molecular formula is C13H10F3N3O. The van der Waals surface area contributed by atoms with Crippen LogP contribution in [0.15, 0.2) is 30.5 Å². The molecule has 1 aliphatic rings. The zero-order chi connectivity index (χ0) is 14.2. The Hall–Kier alpha value is -2.31. The average molecular weight is 281 g/mol. The minimum atomic E-state index is -4.38. The van der Waals surface area contributed by atoms with Crippen LogP contribution in [0.3, 0.4) is 0 Å². The van der Waals surface area contributed by atoms with E-state index >= 15 is 0 Å². The summed E-state index contributed by atoms with van der Waals surface area (Å²) in [4.78, 5) is 8.30. The Labute approximate surface area is 112 Å². The quantitative estimate of drug-likeness (QED) is 0.873. The highest BCUT2D eigenvalue weighted by Gasteiger charge is 2.30. The standard InChI is InChI=1S/C13H10F3N3O/c14-13(15,16)9-3-1-2-8(6-9)10-7-18-12-11(19-10)17-4-5-20-12/h1-3,6-7H,4-5H2,(H,17,19). The van der Waals surface area contributed by atoms with Crippen LogP contribution < -0.4 is 10.1 Å². The van der Waals surface area contributed by atoms with E-state index < -0.39 is 11.7 Å². The molecule has 7 heteroatoms. The van der Waals surface area contributed by atoms with Crippen LogP contribution in [0, 0.1) is 0 Å². The number of nitrogens with zero attached hydrogens (tertiary/aromatic N) is 2. The van der Waals surface area contributed by atoms with E-state index in [9.17, 15) is 13.2 Å². The van der Waals surface area contributed by atoms with Gasteiger partial charge < -0.3 is 10.1 Å². The predicted molar refractivity (Wildman–Crippen MR) is 66.5 cm³/mol. The monoisotopic (exact) mass is 281 g/mol. The van der Waals surface area contributed by atoms with Crippen LogP contribution in [-0.2, 0) is 6.18 Å². The Kier molecular flexibility index (Phi) is 2.96. The van der Waals surface area contributed by atoms with Gasteiger partial charge in [0.25, 0.3) is 5.88 Å². The lowest BCUT2D eigenvalue weighted by molar-refractivity contribution is -0.137. The summed E-state index contributed by atoms with van der Waals surface area (Å²) in [5, 5.41) is 3.00. The number of aromatic nitrogens is 2. The van der Waals surface area contributed by atoms with Crippen LogP contribution in [0.1, 0.15) is 5.56 Å². The molecule has 0 fully saturated rings. The van der Waals surface area contributed by atoms with E-state index in [1.54, 1.807) is 6.07 Å². The van der Waals surface area contributed by atoms with Crippen molar-refractivity contribution in [3.8, 4) is 17.1 Å². The molecular weight excluding hydrogens is 271 g/mol. The van der Waals surface area contributed by atoms with Gasteiger partial charge in [-0.2, -0.15) is 13.2 Å². The first kappa shape index (κ1) is 12.7. The summed E-state index contributed by atoms with van der Waals surface area (Å²) < 4.78 is 43.3. The Morgan fingerprint density at radius 2 is 2.10 bits per heavy atom. The fourth-order valence-corrected chi connectivity index (χ4v) is 1.91. The Bertz CT molecular complexity index is 643. The highest BCUT2D eigenvalue weighted by Crippen LogP contribution is 2.32. The summed E-state index contributed by atoms with van der Waals surface area (Å²) in [5.41, 5.74) is 0.0223. The maximum absolute atomic E-state index is 12.7. The van der Waals surface area contributed by atoms with E-state index in [0.717, 1.165) is 12.1 Å². The molecule has 0 saturated heterocycles. The smallest absolute Gasteiger partial charge is 0.416 e. The van der Waals surface area contributed by atoms with Gasteiger partial charge in [0.2, 0.25) is 0 Å². The van der Waals surface area contributed by atoms with E-state index in [0.29, 0.717) is 36.1 Å². The van der Waals surface area contributed by atoms with Gasteiger partial charge in [-0.1, -0.05) is 12.1 Å². The highest BCUT2D eigenvalue weighted by molar-refractivity contribution is 5.63. The van der Waals surface area contributed by atoms with Gasteiger partial charge >= 0.3 is 6.18 Å². The lowest BCUT2D eigenvalue weighted by Crippen LogP contribution is -2.20. The van der Waals surface area contributed by atoms with Gasteiger partial charge in [0.15, 0.2) is 5.82 Å². The molecule has 1 N–H and O–H groups in total. The van der Waals surface area contributed by atoms with Crippen molar-refractivity contribution in [1.82, 2.24) is 9.97 Å². The van der Waals surface area contributed by atoms with Crippen LogP contribution in [0.5, 0.6) is 5.88 Å². The van der Waals surface area contributed by atoms with E-state index in [1.807, 2.05) is 0 Å². The first-order chi connectivity index (χ1) is 9.54. The molecule has 2 aromatic rings. The minimum Gasteiger partial charge on any atom is -0.473 e. The highest BCUT2D eigenvalue weighted by atomic mass is 19.4. The van der Waals surface area contributed by atoms with Crippen molar-refractivity contribution >= 4 is 5.82 Å². The molecule has 0 saturated carbocycles. The molecule has 2 heterocycles. The van der Waals surface area contributed by atoms with Crippen molar-refractivity contribution in [2.75, 3.05) is 18.5 Å². The SMILES string of the molecule is FC(F)(F)c1cccc(-c2cnc3c(n2)NCCO3)c1. The maximum Gasteiger partial charge on any atom is 0.416 e. The maximum atomic E-state index is 12.7. The summed E-state index contributed by atoms with van der Waals surface area (Å²) in [6.45, 7) is 1.08. The van der Waals surface area contributed by atoms with Gasteiger partial charge in [0.1, 0.15) is 6.61 Å². The van der Waals surface area contributed by atoms with E-state index in [2.05, 4.69) is 15.3 Å². The second-order valence-corrected chi connectivity index (χ2v) is 4.26. The summed E-state index contributed by atoms with van der Waals surface area (Å²) >= 11 is 0. The van der Waals surface area contributed by atoms with Crippen molar-refractivity contribution in [3.63, 3.8) is 0 Å². The number of hydrogen-bond donors (Lipinski definition) is 1. The number of anilines is 1. The molecule has 1 aliphatic heterocycles. The molecule has 3 rings (SSSR count). The third-order valence-corrected chi connectivity index (χ3v) is 2.86. The fraction of sp³-hybridized carbons (Fsp3) is 0.231. The summed E-state index contributed by atoms with van der Waals surface area (Å²) in [7, 11) is 0. The number of benzene rings is 1. The molecule has 1 aromatic heterocycles. The Morgan fingerprint density at radius 3 is 2.90 bits per heavy atom. The molecule has 0 atom stereocenters. The third-order valence-electron chi connectivity index (χ3n) is 2.86. The van der Waals surface area contributed by atoms with Gasteiger partial charge in [0.05, 0.1) is 24.0 Å². The van der Waals surface area contributed by atoms with E-state index in [-0.39, 0.29) is 0 Å². The van der Waals surface area contributed by atoms with Gasteiger partial charge in [-0.15, -0.1) is 0 Å². The molecule has 1 aromatic carbocycles. The topological polar surface area (TPSA) is 47.0 Å². The lowest BCUT2D eigenvalue weighted by Gasteiger charge is -2.17. The van der Waals surface area contributed by atoms with Crippen LogP contribution >= 0.6 is 0 Å². The Morgan fingerprint density at radius 1 is 1.25 bits per heavy atom. The van der Waals surface area contributed by atoms with Gasteiger partial charge in [-0.3, -0.25) is 0 Å². The minimum absolute atomic E-state index is 0.363. The van der Waals surface area contributed by atoms with Crippen molar-refractivity contribution in [3.05, 3.63) is 36.0 Å². The first-order valence-corrected chi connectivity index (χ1v) is 5.95. The van der Waals surface area contributed by atoms with Gasteiger partial charge in [0, 0.05) is 5.56 Å². The molecule has 0 spiro atoms. The predicted octanol–water partition coefficient (Wildman–Crippen LogP) is 2.97. The van der Waals surface area contributed by atoms with Crippen molar-refractivity contribution in [2.45, 2.75) is 6.18 Å². The molecule has 104 valence electrons. The number of fused-ring (bicyclic) bond motifs is 1. The number of alkyl halides is 3. The van der Waals surface area contributed by atoms with Crippen LogP contribution in [0.25, 0.3) is 11.3 Å². The first-order valence-electron chi connectivity index (χ1n) is 5.95. The van der Waals surface area contributed by atoms with Gasteiger partial charge in [-0.25, -0.2) is 9.97 Å². The molecule has 0 bridgehead atoms. The van der Waals surface area contributed by atoms with E-state index in [4.69, 9.17) is 4.74 Å². The van der Waals surface area contributed by atoms with E-state index in [1.165, 1.54) is 12.3 Å². The third kappa shape index (κ3) is 2.38. The number of nitrogens with one attached hydrogen (secondary N) is 1. The number of halogens is 3. The molecule has 20 heavy (non-hydrogen) atoms. The molecule has 0 aliphatic carbocycles. The van der Waals surface area contributed by atoms with Crippen molar-refractivity contribution in [2.24, 2.45) is 0 Å². The second kappa shape index (κ2) is 4.66. The molecule has 0 radical (unpaired) electrons. The zero-order valence-corrected chi connectivity index (χ0v) is 10.2. The molecule has 4 nitrogen and oxygen atoms in total. The lowest BCUT2D eigenvalue weighted by atomic mass is 10.1. The normalized spacial score (nSPS) is 14.2. The molecule has 0 amide bonds. The van der Waals surface area contributed by atoms with Crippen LogP contribution in [0.4, 0.5) is 19.0 Å². The number of ether oxygens (including phenoxy) is 1. The summed E-state index contributed by atoms with van der Waals surface area (Å²) in [5.74, 6) is 0.818. The average Bonchev–Trinajstić information content (AvgIpc) is 2.46. The largest absolute Gasteiger partial charge is 0.473 e. The fourth-order valence-electron chi connectivity index (χ4n) is 1.91. The van der Waals surface area contributed by atoms with Crippen LogP contribution in [0.2, 0.25) is 0 Å². The summed E-state index contributed by atoms with van der Waals surface area (Å²) in [6.07, 6.45) is -2.97. The van der Waals surface area contributed by atoms with Crippen molar-refractivity contribution < 1.29 is 17.9 Å². The number of rotatable bonds is 1. The number of hydrogen-bond acceptors (Lipinski definition) is 4. The Balaban J connectivity index is 2.01. The zero-order valence-electron chi connectivity index (χ0n) is 10.2. The van der Waals surface area contributed by atoms with Gasteiger partial charge in [-0.05, 0) is 12.1 Å². The second-order valence-electron chi connectivity index (χ2n) is 4.26. The summed E-state index contributed by atoms with van der Waals surface area (Å²) in [6, 6.07) is 5.00.